The van der Waals surface area contributed by atoms with E-state index in [1.807, 2.05) is 0 Å². The van der Waals surface area contributed by atoms with Crippen LogP contribution in [0.4, 0.5) is 0 Å². The Labute approximate surface area is 133 Å². The van der Waals surface area contributed by atoms with Crippen molar-refractivity contribution < 1.29 is 9.90 Å². The fourth-order valence-corrected chi connectivity index (χ4v) is 5.96. The van der Waals surface area contributed by atoms with Crippen LogP contribution in [0.5, 0.6) is 0 Å². The molecule has 22 heavy (non-hydrogen) atoms. The van der Waals surface area contributed by atoms with E-state index in [0.29, 0.717) is 17.9 Å². The van der Waals surface area contributed by atoms with Crippen LogP contribution in [0.25, 0.3) is 0 Å². The van der Waals surface area contributed by atoms with Crippen molar-refractivity contribution in [1.82, 2.24) is 4.90 Å². The molecule has 4 fully saturated rings. The molecule has 4 nitrogen and oxygen atoms in total. The van der Waals surface area contributed by atoms with E-state index in [9.17, 15) is 9.90 Å². The van der Waals surface area contributed by atoms with Gasteiger partial charge in [0.1, 0.15) is 0 Å². The Morgan fingerprint density at radius 3 is 2.77 bits per heavy atom. The van der Waals surface area contributed by atoms with Crippen LogP contribution in [0, 0.1) is 23.2 Å². The van der Waals surface area contributed by atoms with Crippen LogP contribution < -0.4 is 5.73 Å². The highest BCUT2D eigenvalue weighted by Gasteiger charge is 2.55. The van der Waals surface area contributed by atoms with Crippen LogP contribution in [-0.2, 0) is 4.79 Å². The third-order valence-electron chi connectivity index (χ3n) is 7.12. The largest absolute Gasteiger partial charge is 0.393 e. The van der Waals surface area contributed by atoms with Crippen molar-refractivity contribution in [3.05, 3.63) is 0 Å². The SMILES string of the molecule is CCC1CC2CC(O)C[C@@](C(N)C(=O)N3CC[C@@H]4C[C@@H]43)(C1)C2. The number of carbonyl (C=O) groups excluding carboxylic acids is 1. The molecule has 4 aliphatic rings. The fraction of sp³-hybridized carbons (Fsp3) is 0.944. The molecule has 0 aromatic rings. The van der Waals surface area contributed by atoms with Gasteiger partial charge in [-0.3, -0.25) is 4.79 Å². The predicted molar refractivity (Wildman–Crippen MR) is 85.0 cm³/mol. The lowest BCUT2D eigenvalue weighted by Gasteiger charge is -2.52. The van der Waals surface area contributed by atoms with Gasteiger partial charge in [0.05, 0.1) is 12.1 Å². The summed E-state index contributed by atoms with van der Waals surface area (Å²) in [6.07, 6.45) is 8.20. The molecule has 0 aromatic heterocycles. The second-order valence-electron chi connectivity index (χ2n) is 8.60. The van der Waals surface area contributed by atoms with Crippen LogP contribution in [-0.4, -0.2) is 40.6 Å². The average molecular weight is 306 g/mol. The monoisotopic (exact) mass is 306 g/mol. The van der Waals surface area contributed by atoms with Gasteiger partial charge in [0, 0.05) is 12.6 Å². The normalized spacial score (nSPS) is 48.0. The molecule has 1 heterocycles. The Balaban J connectivity index is 1.55. The zero-order valence-electron chi connectivity index (χ0n) is 13.7. The lowest BCUT2D eigenvalue weighted by Crippen LogP contribution is -2.58. The lowest BCUT2D eigenvalue weighted by atomic mass is 9.55. The van der Waals surface area contributed by atoms with E-state index < -0.39 is 6.04 Å². The minimum absolute atomic E-state index is 0.147. The molecular weight excluding hydrogens is 276 g/mol. The Bertz CT molecular complexity index is 464. The van der Waals surface area contributed by atoms with E-state index in [-0.39, 0.29) is 17.4 Å². The van der Waals surface area contributed by atoms with Crippen molar-refractivity contribution in [2.24, 2.45) is 28.9 Å². The van der Waals surface area contributed by atoms with Gasteiger partial charge in [-0.15, -0.1) is 0 Å². The van der Waals surface area contributed by atoms with E-state index in [1.54, 1.807) is 0 Å². The molecule has 124 valence electrons. The van der Waals surface area contributed by atoms with Gasteiger partial charge in [-0.25, -0.2) is 0 Å². The maximum Gasteiger partial charge on any atom is 0.240 e. The Morgan fingerprint density at radius 1 is 1.32 bits per heavy atom. The number of nitrogens with two attached hydrogens (primary N) is 1. The van der Waals surface area contributed by atoms with Gasteiger partial charge in [0.2, 0.25) is 5.91 Å². The third kappa shape index (κ3) is 2.30. The number of fused-ring (bicyclic) bond motifs is 3. The van der Waals surface area contributed by atoms with E-state index in [2.05, 4.69) is 11.8 Å². The molecule has 4 rings (SSSR count). The molecule has 0 spiro atoms. The molecule has 3 saturated carbocycles. The first-order chi connectivity index (χ1) is 10.5. The minimum atomic E-state index is -0.404. The first-order valence-electron chi connectivity index (χ1n) is 9.26. The maximum absolute atomic E-state index is 13.0. The molecule has 4 heteroatoms. The standard InChI is InChI=1S/C18H30N2O2/c1-2-11-5-12-6-14(21)10-18(8-11,9-12)16(19)17(22)20-4-3-13-7-15(13)20/h11-16,21H,2-10,19H2,1H3/t11?,12?,13-,14?,15+,16?,18-/m1/s1. The zero-order valence-corrected chi connectivity index (χ0v) is 13.7. The number of nitrogens with zero attached hydrogens (tertiary/aromatic N) is 1. The van der Waals surface area contributed by atoms with Crippen LogP contribution in [0.2, 0.25) is 0 Å². The van der Waals surface area contributed by atoms with Gasteiger partial charge < -0.3 is 15.7 Å². The second-order valence-corrected chi connectivity index (χ2v) is 8.60. The van der Waals surface area contributed by atoms with Gasteiger partial charge in [0.15, 0.2) is 0 Å². The predicted octanol–water partition coefficient (Wildman–Crippen LogP) is 1.90. The molecule has 1 saturated heterocycles. The fourth-order valence-electron chi connectivity index (χ4n) is 5.96. The van der Waals surface area contributed by atoms with E-state index >= 15 is 0 Å². The Hall–Kier alpha value is -0.610. The van der Waals surface area contributed by atoms with Crippen LogP contribution in [0.1, 0.15) is 58.3 Å². The highest BCUT2D eigenvalue weighted by molar-refractivity contribution is 5.83. The van der Waals surface area contributed by atoms with Gasteiger partial charge in [-0.2, -0.15) is 0 Å². The molecule has 1 aliphatic heterocycles. The zero-order chi connectivity index (χ0) is 15.5. The summed E-state index contributed by atoms with van der Waals surface area (Å²) in [4.78, 5) is 15.1. The average Bonchev–Trinajstić information content (AvgIpc) is 3.15. The number of aliphatic hydroxyl groups excluding tert-OH is 1. The summed E-state index contributed by atoms with van der Waals surface area (Å²) in [6.45, 7) is 3.15. The van der Waals surface area contributed by atoms with Crippen LogP contribution in [0.3, 0.4) is 0 Å². The summed E-state index contributed by atoms with van der Waals surface area (Å²) in [6, 6.07) is 0.0865. The number of piperidine rings is 1. The topological polar surface area (TPSA) is 66.6 Å². The Kier molecular flexibility index (Phi) is 3.53. The number of aliphatic hydroxyl groups is 1. The molecular formula is C18H30N2O2. The number of amides is 1. The van der Waals surface area contributed by atoms with Crippen molar-refractivity contribution >= 4 is 5.91 Å². The lowest BCUT2D eigenvalue weighted by molar-refractivity contribution is -0.140. The van der Waals surface area contributed by atoms with Gasteiger partial charge >= 0.3 is 0 Å². The van der Waals surface area contributed by atoms with Crippen molar-refractivity contribution in [1.29, 1.82) is 0 Å². The van der Waals surface area contributed by atoms with Crippen molar-refractivity contribution in [2.75, 3.05) is 6.54 Å². The summed E-state index contributed by atoms with van der Waals surface area (Å²) < 4.78 is 0. The van der Waals surface area contributed by atoms with Crippen LogP contribution >= 0.6 is 0 Å². The number of rotatable bonds is 3. The molecule has 7 atom stereocenters. The molecule has 3 aliphatic carbocycles. The highest BCUT2D eigenvalue weighted by atomic mass is 16.3. The Morgan fingerprint density at radius 2 is 2.14 bits per heavy atom. The third-order valence-corrected chi connectivity index (χ3v) is 7.12. The van der Waals surface area contributed by atoms with Crippen LogP contribution in [0.15, 0.2) is 0 Å². The summed E-state index contributed by atoms with van der Waals surface area (Å²) in [5.74, 6) is 2.17. The summed E-state index contributed by atoms with van der Waals surface area (Å²) in [7, 11) is 0. The summed E-state index contributed by atoms with van der Waals surface area (Å²) in [5, 5.41) is 10.3. The molecule has 3 N–H and O–H groups in total. The van der Waals surface area contributed by atoms with E-state index in [0.717, 1.165) is 38.1 Å². The second kappa shape index (κ2) is 5.20. The molecule has 0 aromatic carbocycles. The number of hydrogen-bond donors (Lipinski definition) is 2. The summed E-state index contributed by atoms with van der Waals surface area (Å²) >= 11 is 0. The van der Waals surface area contributed by atoms with Crippen molar-refractivity contribution in [2.45, 2.75) is 76.5 Å². The first-order valence-corrected chi connectivity index (χ1v) is 9.26. The quantitative estimate of drug-likeness (QED) is 0.837. The van der Waals surface area contributed by atoms with E-state index in [1.165, 1.54) is 25.7 Å². The highest BCUT2D eigenvalue weighted by Crippen LogP contribution is 2.54. The van der Waals surface area contributed by atoms with Crippen molar-refractivity contribution in [3.63, 3.8) is 0 Å². The summed E-state index contributed by atoms with van der Waals surface area (Å²) in [5.41, 5.74) is 6.42. The smallest absolute Gasteiger partial charge is 0.240 e. The first kappa shape index (κ1) is 14.9. The van der Waals surface area contributed by atoms with Crippen molar-refractivity contribution in [3.8, 4) is 0 Å². The van der Waals surface area contributed by atoms with E-state index in [4.69, 9.17) is 5.73 Å². The number of carbonyl (C=O) groups is 1. The number of hydrogen-bond acceptors (Lipinski definition) is 3. The molecule has 1 amide bonds. The number of likely N-dealkylation sites (tertiary alicyclic amines) is 1. The minimum Gasteiger partial charge on any atom is -0.393 e. The van der Waals surface area contributed by atoms with Gasteiger partial charge in [0.25, 0.3) is 0 Å². The molecule has 0 radical (unpaired) electrons. The maximum atomic E-state index is 13.0. The van der Waals surface area contributed by atoms with Gasteiger partial charge in [-0.1, -0.05) is 13.3 Å². The van der Waals surface area contributed by atoms with Gasteiger partial charge in [-0.05, 0) is 68.1 Å². The molecule has 4 unspecified atom stereocenters. The molecule has 2 bridgehead atoms.